The molecule has 1 atom stereocenters. The number of aromatic nitrogens is 1. The molecule has 0 amide bonds. The van der Waals surface area contributed by atoms with Crippen molar-refractivity contribution in [1.29, 1.82) is 0 Å². The van der Waals surface area contributed by atoms with E-state index in [4.69, 9.17) is 0 Å². The van der Waals surface area contributed by atoms with Crippen LogP contribution >= 0.6 is 0 Å². The smallest absolute Gasteiger partial charge is 0.224 e. The van der Waals surface area contributed by atoms with Crippen LogP contribution in [-0.2, 0) is 6.42 Å². The van der Waals surface area contributed by atoms with Gasteiger partial charge >= 0.3 is 0 Å². The van der Waals surface area contributed by atoms with Gasteiger partial charge in [-0.15, -0.1) is 0 Å². The van der Waals surface area contributed by atoms with Crippen LogP contribution in [0.3, 0.4) is 0 Å². The van der Waals surface area contributed by atoms with Crippen molar-refractivity contribution in [2.24, 2.45) is 0 Å². The maximum absolute atomic E-state index is 3.66. The van der Waals surface area contributed by atoms with E-state index in [-0.39, 0.29) is 6.04 Å². The fourth-order valence-corrected chi connectivity index (χ4v) is 3.67. The first kappa shape index (κ1) is 11.1. The molecule has 2 heteroatoms. The summed E-state index contributed by atoms with van der Waals surface area (Å²) in [6, 6.07) is 17.6. The Morgan fingerprint density at radius 1 is 1.00 bits per heavy atom. The Balaban J connectivity index is 1.83. The average Bonchev–Trinajstić information content (AvgIpc) is 2.93. The predicted octanol–water partition coefficient (Wildman–Crippen LogP) is 3.88. The van der Waals surface area contributed by atoms with E-state index in [1.54, 1.807) is 0 Å². The van der Waals surface area contributed by atoms with Crippen LogP contribution in [0.25, 0.3) is 17.0 Å². The molecule has 0 saturated heterocycles. The number of hydrogen-bond donors (Lipinski definition) is 1. The highest BCUT2D eigenvalue weighted by molar-refractivity contribution is 5.88. The molecule has 0 saturated carbocycles. The van der Waals surface area contributed by atoms with Crippen molar-refractivity contribution in [2.75, 3.05) is 0 Å². The van der Waals surface area contributed by atoms with Crippen molar-refractivity contribution < 1.29 is 4.58 Å². The first-order chi connectivity index (χ1) is 10.4. The van der Waals surface area contributed by atoms with Crippen LogP contribution in [0.5, 0.6) is 0 Å². The summed E-state index contributed by atoms with van der Waals surface area (Å²) < 4.78 is 2.33. The predicted molar refractivity (Wildman–Crippen MR) is 85.6 cm³/mol. The van der Waals surface area contributed by atoms with E-state index >= 15 is 0 Å². The van der Waals surface area contributed by atoms with Gasteiger partial charge in [0.05, 0.1) is 12.1 Å². The molecule has 1 unspecified atom stereocenters. The lowest BCUT2D eigenvalue weighted by Gasteiger charge is -2.22. The molecule has 0 radical (unpaired) electrons. The average molecular weight is 271 g/mol. The molecule has 100 valence electrons. The zero-order chi connectivity index (χ0) is 13.8. The van der Waals surface area contributed by atoms with Crippen LogP contribution in [0.2, 0.25) is 0 Å². The highest BCUT2D eigenvalue weighted by Crippen LogP contribution is 2.38. The normalized spacial score (nSPS) is 18.9. The number of aromatic amines is 1. The molecule has 1 N–H and O–H groups in total. The minimum absolute atomic E-state index is 0.280. The summed E-state index contributed by atoms with van der Waals surface area (Å²) in [4.78, 5) is 3.66. The van der Waals surface area contributed by atoms with E-state index in [0.717, 1.165) is 6.42 Å². The number of rotatable bonds is 0. The third-order valence-corrected chi connectivity index (χ3v) is 4.64. The molecule has 21 heavy (non-hydrogen) atoms. The largest absolute Gasteiger partial charge is 0.352 e. The third-order valence-electron chi connectivity index (χ3n) is 4.64. The van der Waals surface area contributed by atoms with Gasteiger partial charge in [-0.25, -0.2) is 0 Å². The zero-order valence-corrected chi connectivity index (χ0v) is 11.6. The Hall–Kier alpha value is -2.61. The molecule has 2 nitrogen and oxygen atoms in total. The van der Waals surface area contributed by atoms with Crippen LogP contribution in [-0.4, -0.2) is 15.8 Å². The van der Waals surface area contributed by atoms with E-state index in [1.165, 1.54) is 33.3 Å². The van der Waals surface area contributed by atoms with Gasteiger partial charge in [-0.1, -0.05) is 42.5 Å². The van der Waals surface area contributed by atoms with Crippen LogP contribution in [0, 0.1) is 0 Å². The van der Waals surface area contributed by atoms with Crippen molar-refractivity contribution >= 4 is 23.2 Å². The van der Waals surface area contributed by atoms with Crippen molar-refractivity contribution in [3.8, 4) is 0 Å². The Labute approximate surface area is 123 Å². The molecule has 0 bridgehead atoms. The Morgan fingerprint density at radius 2 is 1.86 bits per heavy atom. The van der Waals surface area contributed by atoms with Crippen LogP contribution in [0.15, 0.2) is 54.7 Å². The van der Waals surface area contributed by atoms with Gasteiger partial charge in [-0.05, 0) is 17.2 Å². The minimum Gasteiger partial charge on any atom is -0.352 e. The highest BCUT2D eigenvalue weighted by atomic mass is 15.1. The third kappa shape index (κ3) is 1.44. The Bertz CT molecular complexity index is 928. The van der Waals surface area contributed by atoms with E-state index in [1.807, 2.05) is 0 Å². The molecule has 3 aromatic rings. The quantitative estimate of drug-likeness (QED) is 0.598. The summed E-state index contributed by atoms with van der Waals surface area (Å²) >= 11 is 0. The molecule has 0 aliphatic carbocycles. The molecule has 1 aromatic heterocycles. The van der Waals surface area contributed by atoms with Gasteiger partial charge in [-0.3, -0.25) is 0 Å². The summed E-state index contributed by atoms with van der Waals surface area (Å²) in [7, 11) is 0. The molecule has 5 rings (SSSR count). The molecular formula is C19H15N2+. The van der Waals surface area contributed by atoms with Crippen molar-refractivity contribution in [2.45, 2.75) is 12.5 Å². The number of benzene rings is 2. The zero-order valence-electron chi connectivity index (χ0n) is 11.6. The van der Waals surface area contributed by atoms with Gasteiger partial charge in [0.2, 0.25) is 6.04 Å². The Morgan fingerprint density at radius 3 is 2.86 bits per heavy atom. The fraction of sp³-hybridized carbons (Fsp3) is 0.105. The number of para-hydroxylation sites is 1. The van der Waals surface area contributed by atoms with Gasteiger partial charge in [0.15, 0.2) is 12.4 Å². The van der Waals surface area contributed by atoms with Gasteiger partial charge in [-0.2, -0.15) is 4.58 Å². The van der Waals surface area contributed by atoms with Gasteiger partial charge in [0.1, 0.15) is 0 Å². The lowest BCUT2D eigenvalue weighted by Crippen LogP contribution is -2.25. The minimum atomic E-state index is 0.280. The number of fused-ring (bicyclic) bond motifs is 7. The fourth-order valence-electron chi connectivity index (χ4n) is 3.67. The SMILES string of the molecule is C1=C[N+]2=CCc3c([nH]c4ccccc34)C2c2ccccc21. The lowest BCUT2D eigenvalue weighted by molar-refractivity contribution is -0.494. The lowest BCUT2D eigenvalue weighted by atomic mass is 9.90. The summed E-state index contributed by atoms with van der Waals surface area (Å²) in [5, 5.41) is 1.36. The molecule has 2 aliphatic rings. The summed E-state index contributed by atoms with van der Waals surface area (Å²) in [5.41, 5.74) is 6.72. The van der Waals surface area contributed by atoms with Gasteiger partial charge < -0.3 is 4.98 Å². The molecule has 2 aliphatic heterocycles. The summed E-state index contributed by atoms with van der Waals surface area (Å²) in [6.07, 6.45) is 7.69. The van der Waals surface area contributed by atoms with E-state index in [9.17, 15) is 0 Å². The standard InChI is InChI=1S/C19H15N2/c1-2-6-14-13(5-1)9-11-21-12-10-16-15-7-3-4-8-17(15)20-18(16)19(14)21/h1-9,11-12,19-20H,10H2/q+1. The van der Waals surface area contributed by atoms with E-state index in [0.29, 0.717) is 0 Å². The number of H-pyrrole nitrogens is 1. The number of nitrogens with one attached hydrogen (secondary N) is 1. The molecule has 3 heterocycles. The first-order valence-electron chi connectivity index (χ1n) is 7.39. The maximum Gasteiger partial charge on any atom is 0.224 e. The summed E-state index contributed by atoms with van der Waals surface area (Å²) in [5.74, 6) is 0. The second-order valence-electron chi connectivity index (χ2n) is 5.74. The topological polar surface area (TPSA) is 18.8 Å². The van der Waals surface area contributed by atoms with Gasteiger partial charge in [0.25, 0.3) is 0 Å². The number of nitrogens with zero attached hydrogens (tertiary/aromatic N) is 1. The van der Waals surface area contributed by atoms with Crippen LogP contribution in [0.4, 0.5) is 0 Å². The van der Waals surface area contributed by atoms with Crippen LogP contribution < -0.4 is 0 Å². The maximum atomic E-state index is 3.66. The number of hydrogen-bond acceptors (Lipinski definition) is 0. The van der Waals surface area contributed by atoms with Crippen molar-refractivity contribution in [3.63, 3.8) is 0 Å². The van der Waals surface area contributed by atoms with E-state index in [2.05, 4.69) is 76.6 Å². The molecule has 0 fully saturated rings. The van der Waals surface area contributed by atoms with Gasteiger partial charge in [0, 0.05) is 22.5 Å². The Kier molecular flexibility index (Phi) is 2.09. The second-order valence-corrected chi connectivity index (χ2v) is 5.74. The molecule has 0 spiro atoms. The van der Waals surface area contributed by atoms with Crippen LogP contribution in [0.1, 0.15) is 28.4 Å². The summed E-state index contributed by atoms with van der Waals surface area (Å²) in [6.45, 7) is 0. The molecular weight excluding hydrogens is 256 g/mol. The van der Waals surface area contributed by atoms with E-state index < -0.39 is 0 Å². The first-order valence-corrected chi connectivity index (χ1v) is 7.39. The highest BCUT2D eigenvalue weighted by Gasteiger charge is 2.35. The molecule has 2 aromatic carbocycles. The monoisotopic (exact) mass is 271 g/mol. The van der Waals surface area contributed by atoms with Crippen molar-refractivity contribution in [1.82, 2.24) is 4.98 Å². The second kappa shape index (κ2) is 3.95. The van der Waals surface area contributed by atoms with Crippen molar-refractivity contribution in [3.05, 3.63) is 77.1 Å².